The lowest BCUT2D eigenvalue weighted by molar-refractivity contribution is 0.388. The van der Waals surface area contributed by atoms with E-state index in [1.807, 2.05) is 7.05 Å². The first kappa shape index (κ1) is 12.4. The molecule has 0 saturated heterocycles. The third-order valence-electron chi connectivity index (χ3n) is 3.75. The summed E-state index contributed by atoms with van der Waals surface area (Å²) in [5.41, 5.74) is 0.986. The molecule has 0 radical (unpaired) electrons. The fourth-order valence-corrected chi connectivity index (χ4v) is 2.85. The fraction of sp³-hybridized carbons (Fsp3) is 0.571. The standard InChI is InChI=1S/C14H20FNO/c1-16-13-5-3-4-10(13)8-11-9-12(15)6-7-14(11)17-2/h6-7,9-10,13,16H,3-5,8H2,1-2H3. The van der Waals surface area contributed by atoms with Crippen LogP contribution >= 0.6 is 0 Å². The average molecular weight is 237 g/mol. The lowest BCUT2D eigenvalue weighted by Crippen LogP contribution is -2.30. The number of ether oxygens (including phenoxy) is 1. The van der Waals surface area contributed by atoms with Crippen molar-refractivity contribution in [1.29, 1.82) is 0 Å². The van der Waals surface area contributed by atoms with E-state index in [2.05, 4.69) is 5.32 Å². The van der Waals surface area contributed by atoms with Gasteiger partial charge in [-0.2, -0.15) is 0 Å². The smallest absolute Gasteiger partial charge is 0.123 e. The molecule has 1 saturated carbocycles. The van der Waals surface area contributed by atoms with Gasteiger partial charge in [0.05, 0.1) is 7.11 Å². The van der Waals surface area contributed by atoms with Gasteiger partial charge >= 0.3 is 0 Å². The molecule has 1 N–H and O–H groups in total. The second-order valence-corrected chi connectivity index (χ2v) is 4.75. The van der Waals surface area contributed by atoms with Crippen molar-refractivity contribution in [1.82, 2.24) is 5.32 Å². The summed E-state index contributed by atoms with van der Waals surface area (Å²) in [6.07, 6.45) is 4.59. The van der Waals surface area contributed by atoms with Crippen molar-refractivity contribution in [3.05, 3.63) is 29.6 Å². The van der Waals surface area contributed by atoms with Crippen molar-refractivity contribution in [3.8, 4) is 5.75 Å². The summed E-state index contributed by atoms with van der Waals surface area (Å²) in [5, 5.41) is 3.35. The third kappa shape index (κ3) is 2.78. The molecule has 3 heteroatoms. The average Bonchev–Trinajstić information content (AvgIpc) is 2.77. The summed E-state index contributed by atoms with van der Waals surface area (Å²) in [6.45, 7) is 0. The summed E-state index contributed by atoms with van der Waals surface area (Å²) in [5.74, 6) is 1.21. The van der Waals surface area contributed by atoms with Crippen LogP contribution < -0.4 is 10.1 Å². The SMILES string of the molecule is CNC1CCCC1Cc1cc(F)ccc1OC. The van der Waals surface area contributed by atoms with Crippen LogP contribution in [0, 0.1) is 11.7 Å². The van der Waals surface area contributed by atoms with Gasteiger partial charge in [-0.15, -0.1) is 0 Å². The molecule has 17 heavy (non-hydrogen) atoms. The molecule has 2 rings (SSSR count). The Kier molecular flexibility index (Phi) is 4.00. The normalized spacial score (nSPS) is 23.9. The van der Waals surface area contributed by atoms with Crippen LogP contribution in [0.25, 0.3) is 0 Å². The highest BCUT2D eigenvalue weighted by atomic mass is 19.1. The molecule has 1 aromatic carbocycles. The first-order valence-electron chi connectivity index (χ1n) is 6.24. The lowest BCUT2D eigenvalue weighted by atomic mass is 9.94. The Bertz CT molecular complexity index is 380. The zero-order chi connectivity index (χ0) is 12.3. The molecular weight excluding hydrogens is 217 g/mol. The Morgan fingerprint density at radius 1 is 1.41 bits per heavy atom. The van der Waals surface area contributed by atoms with Crippen molar-refractivity contribution in [2.24, 2.45) is 5.92 Å². The van der Waals surface area contributed by atoms with Gasteiger partial charge in [-0.25, -0.2) is 4.39 Å². The Hall–Kier alpha value is -1.09. The topological polar surface area (TPSA) is 21.3 Å². The number of benzene rings is 1. The second kappa shape index (κ2) is 5.50. The molecule has 1 aliphatic carbocycles. The van der Waals surface area contributed by atoms with Crippen molar-refractivity contribution in [2.45, 2.75) is 31.7 Å². The lowest BCUT2D eigenvalue weighted by Gasteiger charge is -2.20. The van der Waals surface area contributed by atoms with Crippen LogP contribution in [0.1, 0.15) is 24.8 Å². The van der Waals surface area contributed by atoms with Gasteiger partial charge in [0.25, 0.3) is 0 Å². The number of hydrogen-bond acceptors (Lipinski definition) is 2. The first-order chi connectivity index (χ1) is 8.24. The van der Waals surface area contributed by atoms with Gasteiger partial charge in [0.1, 0.15) is 11.6 Å². The fourth-order valence-electron chi connectivity index (χ4n) is 2.85. The van der Waals surface area contributed by atoms with Crippen LogP contribution in [0.4, 0.5) is 4.39 Å². The molecular formula is C14H20FNO. The molecule has 2 nitrogen and oxygen atoms in total. The van der Waals surface area contributed by atoms with Crippen LogP contribution in [0.2, 0.25) is 0 Å². The molecule has 0 spiro atoms. The van der Waals surface area contributed by atoms with Gasteiger partial charge < -0.3 is 10.1 Å². The largest absolute Gasteiger partial charge is 0.496 e. The molecule has 94 valence electrons. The van der Waals surface area contributed by atoms with Crippen LogP contribution in [0.5, 0.6) is 5.75 Å². The Labute approximate surface area is 102 Å². The number of halogens is 1. The van der Waals surface area contributed by atoms with E-state index in [9.17, 15) is 4.39 Å². The summed E-state index contributed by atoms with van der Waals surface area (Å²) in [7, 11) is 3.65. The zero-order valence-electron chi connectivity index (χ0n) is 10.5. The molecule has 0 aromatic heterocycles. The van der Waals surface area contributed by atoms with Gasteiger partial charge in [0.2, 0.25) is 0 Å². The summed E-state index contributed by atoms with van der Waals surface area (Å²) >= 11 is 0. The maximum absolute atomic E-state index is 13.3. The van der Waals surface area contributed by atoms with E-state index in [4.69, 9.17) is 4.74 Å². The predicted octanol–water partition coefficient (Wildman–Crippen LogP) is 2.76. The second-order valence-electron chi connectivity index (χ2n) is 4.75. The number of nitrogens with one attached hydrogen (secondary N) is 1. The van der Waals surface area contributed by atoms with E-state index >= 15 is 0 Å². The molecule has 0 heterocycles. The predicted molar refractivity (Wildman–Crippen MR) is 66.8 cm³/mol. The Balaban J connectivity index is 2.14. The van der Waals surface area contributed by atoms with E-state index < -0.39 is 0 Å². The highest BCUT2D eigenvalue weighted by Gasteiger charge is 2.26. The van der Waals surface area contributed by atoms with Gasteiger partial charge in [-0.05, 0) is 56.0 Å². The monoisotopic (exact) mass is 237 g/mol. The van der Waals surface area contributed by atoms with Gasteiger partial charge in [0.15, 0.2) is 0 Å². The van der Waals surface area contributed by atoms with Crippen molar-refractivity contribution >= 4 is 0 Å². The van der Waals surface area contributed by atoms with Crippen LogP contribution in [0.15, 0.2) is 18.2 Å². The highest BCUT2D eigenvalue weighted by Crippen LogP contribution is 2.31. The molecule has 2 atom stereocenters. The molecule has 1 aromatic rings. The molecule has 1 aliphatic rings. The quantitative estimate of drug-likeness (QED) is 0.869. The molecule has 0 aliphatic heterocycles. The minimum atomic E-state index is -0.181. The summed E-state index contributed by atoms with van der Waals surface area (Å²) in [6, 6.07) is 5.33. The molecule has 1 fully saturated rings. The van der Waals surface area contributed by atoms with Crippen LogP contribution in [-0.2, 0) is 6.42 Å². The first-order valence-corrected chi connectivity index (χ1v) is 6.24. The Morgan fingerprint density at radius 2 is 2.24 bits per heavy atom. The summed E-state index contributed by atoms with van der Waals surface area (Å²) in [4.78, 5) is 0. The molecule has 0 bridgehead atoms. The van der Waals surface area contributed by atoms with Crippen molar-refractivity contribution < 1.29 is 9.13 Å². The van der Waals surface area contributed by atoms with Gasteiger partial charge in [-0.1, -0.05) is 6.42 Å². The van der Waals surface area contributed by atoms with E-state index in [0.717, 1.165) is 17.7 Å². The summed E-state index contributed by atoms with van der Waals surface area (Å²) < 4.78 is 18.6. The molecule has 0 amide bonds. The number of rotatable bonds is 4. The zero-order valence-corrected chi connectivity index (χ0v) is 10.5. The molecule has 2 unspecified atom stereocenters. The van der Waals surface area contributed by atoms with E-state index in [1.54, 1.807) is 19.2 Å². The van der Waals surface area contributed by atoms with Crippen molar-refractivity contribution in [2.75, 3.05) is 14.2 Å². The minimum Gasteiger partial charge on any atom is -0.496 e. The van der Waals surface area contributed by atoms with Crippen molar-refractivity contribution in [3.63, 3.8) is 0 Å². The number of methoxy groups -OCH3 is 1. The maximum Gasteiger partial charge on any atom is 0.123 e. The maximum atomic E-state index is 13.3. The van der Waals surface area contributed by atoms with Crippen LogP contribution in [0.3, 0.4) is 0 Å². The van der Waals surface area contributed by atoms with Crippen LogP contribution in [-0.4, -0.2) is 20.2 Å². The van der Waals surface area contributed by atoms with E-state index in [1.165, 1.54) is 25.3 Å². The number of hydrogen-bond donors (Lipinski definition) is 1. The van der Waals surface area contributed by atoms with Gasteiger partial charge in [0, 0.05) is 6.04 Å². The van der Waals surface area contributed by atoms with E-state index in [0.29, 0.717) is 12.0 Å². The van der Waals surface area contributed by atoms with E-state index in [-0.39, 0.29) is 5.82 Å². The Morgan fingerprint density at radius 3 is 2.94 bits per heavy atom. The third-order valence-corrected chi connectivity index (χ3v) is 3.75. The van der Waals surface area contributed by atoms with Gasteiger partial charge in [-0.3, -0.25) is 0 Å². The highest BCUT2D eigenvalue weighted by molar-refractivity contribution is 5.34. The minimum absolute atomic E-state index is 0.181.